The zero-order valence-corrected chi connectivity index (χ0v) is 20.9. The van der Waals surface area contributed by atoms with Crippen LogP contribution in [0.5, 0.6) is 0 Å². The third kappa shape index (κ3) is 9.36. The summed E-state index contributed by atoms with van der Waals surface area (Å²) in [6, 6.07) is 14.4. The predicted octanol–water partition coefficient (Wildman–Crippen LogP) is -1.82. The van der Waals surface area contributed by atoms with E-state index in [9.17, 15) is 25.9 Å². The molecule has 2 rings (SSSR count). The van der Waals surface area contributed by atoms with Crippen molar-refractivity contribution in [3.05, 3.63) is 60.7 Å². The first-order valence-electron chi connectivity index (χ1n) is 5.23. The van der Waals surface area contributed by atoms with E-state index in [1.807, 2.05) is 0 Å². The Bertz CT molecular complexity index is 681. The molecular formula is C12H10HgNaO6S2. The van der Waals surface area contributed by atoms with Gasteiger partial charge in [0.2, 0.25) is 0 Å². The molecule has 1 radical (unpaired) electrons. The fraction of sp³-hybridized carbons (Fsp3) is 0. The summed E-state index contributed by atoms with van der Waals surface area (Å²) in [5.74, 6) is 0. The van der Waals surface area contributed by atoms with Gasteiger partial charge in [-0.15, -0.1) is 0 Å². The Labute approximate surface area is 172 Å². The molecule has 0 aliphatic heterocycles. The molecule has 0 unspecified atom stereocenters. The van der Waals surface area contributed by atoms with Crippen LogP contribution in [0.2, 0.25) is 0 Å². The number of hydrogen-bond acceptors (Lipinski definition) is 6. The van der Waals surface area contributed by atoms with Gasteiger partial charge in [-0.25, -0.2) is 16.8 Å². The summed E-state index contributed by atoms with van der Waals surface area (Å²) >= 11 is 0. The van der Waals surface area contributed by atoms with E-state index in [4.69, 9.17) is 0 Å². The second kappa shape index (κ2) is 10.9. The van der Waals surface area contributed by atoms with Crippen LogP contribution in [0.25, 0.3) is 0 Å². The molecular weight excluding hydrogens is 528 g/mol. The van der Waals surface area contributed by atoms with E-state index in [0.717, 1.165) is 0 Å². The first-order chi connectivity index (χ1) is 9.21. The number of rotatable bonds is 2. The summed E-state index contributed by atoms with van der Waals surface area (Å²) in [6.45, 7) is 0. The van der Waals surface area contributed by atoms with E-state index >= 15 is 0 Å². The average molecular weight is 538 g/mol. The number of hydrogen-bond donors (Lipinski definition) is 0. The minimum atomic E-state index is -4.25. The van der Waals surface area contributed by atoms with Crippen molar-refractivity contribution < 1.29 is 83.2 Å². The second-order valence-electron chi connectivity index (χ2n) is 3.53. The van der Waals surface area contributed by atoms with E-state index in [1.165, 1.54) is 48.5 Å². The van der Waals surface area contributed by atoms with Crippen LogP contribution in [0.3, 0.4) is 0 Å². The fourth-order valence-electron chi connectivity index (χ4n) is 1.17. The van der Waals surface area contributed by atoms with Gasteiger partial charge in [-0.1, -0.05) is 36.4 Å². The maximum absolute atomic E-state index is 10.3. The zero-order chi connectivity index (χ0) is 15.2. The van der Waals surface area contributed by atoms with Crippen LogP contribution in [0.4, 0.5) is 0 Å². The van der Waals surface area contributed by atoms with Crippen molar-refractivity contribution >= 4 is 20.2 Å². The van der Waals surface area contributed by atoms with Crippen LogP contribution in [-0.4, -0.2) is 25.9 Å². The SMILES string of the molecule is O=S(=O)([O-])c1ccccc1.O=S(=O)([O-])c1ccccc1.[Hg+].[Na+]. The van der Waals surface area contributed by atoms with Crippen molar-refractivity contribution in [3.63, 3.8) is 0 Å². The molecule has 0 bridgehead atoms. The average Bonchev–Trinajstić information content (AvgIpc) is 2.40. The Morgan fingerprint density at radius 3 is 0.955 bits per heavy atom. The van der Waals surface area contributed by atoms with Gasteiger partial charge < -0.3 is 9.11 Å². The van der Waals surface area contributed by atoms with E-state index in [1.54, 1.807) is 12.1 Å². The molecule has 0 spiro atoms. The van der Waals surface area contributed by atoms with Gasteiger partial charge in [0.05, 0.1) is 9.79 Å². The first-order valence-corrected chi connectivity index (χ1v) is 8.05. The van der Waals surface area contributed by atoms with Crippen LogP contribution >= 0.6 is 0 Å². The van der Waals surface area contributed by atoms with Gasteiger partial charge in [0.25, 0.3) is 0 Å². The molecule has 0 aromatic heterocycles. The molecule has 109 valence electrons. The quantitative estimate of drug-likeness (QED) is 0.329. The maximum atomic E-state index is 10.3. The van der Waals surface area contributed by atoms with E-state index in [2.05, 4.69) is 0 Å². The standard InChI is InChI=1S/2C6H6O3S.Hg.Na/c2*7-10(8,9)6-4-2-1-3-5-6;;/h2*1-5H,(H,7,8,9);;/q;;2*+1/p-2. The van der Waals surface area contributed by atoms with Crippen molar-refractivity contribution in [2.75, 3.05) is 0 Å². The topological polar surface area (TPSA) is 114 Å². The molecule has 0 aliphatic rings. The molecule has 0 fully saturated rings. The normalized spacial score (nSPS) is 10.3. The smallest absolute Gasteiger partial charge is 0.744 e. The molecule has 0 heterocycles. The molecule has 0 aliphatic carbocycles. The van der Waals surface area contributed by atoms with Crippen molar-refractivity contribution in [1.29, 1.82) is 0 Å². The van der Waals surface area contributed by atoms with Crippen LogP contribution in [0, 0.1) is 0 Å². The maximum Gasteiger partial charge on any atom is 1.00 e. The molecule has 2 aromatic rings. The molecule has 0 saturated carbocycles. The molecule has 0 amide bonds. The molecule has 6 nitrogen and oxygen atoms in total. The monoisotopic (exact) mass is 539 g/mol. The van der Waals surface area contributed by atoms with Crippen LogP contribution in [0.15, 0.2) is 70.5 Å². The molecule has 22 heavy (non-hydrogen) atoms. The van der Waals surface area contributed by atoms with Gasteiger partial charge in [-0.2, -0.15) is 0 Å². The van der Waals surface area contributed by atoms with Gasteiger partial charge in [0.15, 0.2) is 0 Å². The van der Waals surface area contributed by atoms with Gasteiger partial charge in [-0.05, 0) is 24.3 Å². The summed E-state index contributed by atoms with van der Waals surface area (Å²) < 4.78 is 61.7. The van der Waals surface area contributed by atoms with Gasteiger partial charge in [-0.3, -0.25) is 0 Å². The second-order valence-corrected chi connectivity index (χ2v) is 6.29. The predicted molar refractivity (Wildman–Crippen MR) is 68.8 cm³/mol. The van der Waals surface area contributed by atoms with Crippen LogP contribution < -0.4 is 29.6 Å². The minimum absolute atomic E-state index is 0. The fourth-order valence-corrected chi connectivity index (χ4v) is 2.16. The third-order valence-electron chi connectivity index (χ3n) is 2.06. The zero-order valence-electron chi connectivity index (χ0n) is 11.7. The molecule has 0 saturated heterocycles. The summed E-state index contributed by atoms with van der Waals surface area (Å²) in [4.78, 5) is -0.370. The van der Waals surface area contributed by atoms with Crippen molar-refractivity contribution in [2.45, 2.75) is 9.79 Å². The third-order valence-corrected chi connectivity index (χ3v) is 3.76. The minimum Gasteiger partial charge on any atom is -0.744 e. The Morgan fingerprint density at radius 1 is 0.591 bits per heavy atom. The Balaban J connectivity index is 0. The van der Waals surface area contributed by atoms with Crippen molar-refractivity contribution in [2.24, 2.45) is 0 Å². The van der Waals surface area contributed by atoms with Crippen LogP contribution in [-0.2, 0) is 47.9 Å². The van der Waals surface area contributed by atoms with Crippen molar-refractivity contribution in [1.82, 2.24) is 0 Å². The summed E-state index contributed by atoms with van der Waals surface area (Å²) in [6.07, 6.45) is 0. The molecule has 10 heteroatoms. The molecule has 0 N–H and O–H groups in total. The Hall–Kier alpha value is 0.195. The van der Waals surface area contributed by atoms with E-state index < -0.39 is 20.2 Å². The van der Waals surface area contributed by atoms with Gasteiger partial charge in [0, 0.05) is 0 Å². The van der Waals surface area contributed by atoms with E-state index in [-0.39, 0.29) is 67.0 Å². The van der Waals surface area contributed by atoms with Gasteiger partial charge >= 0.3 is 57.2 Å². The molecule has 0 atom stereocenters. The Kier molecular flexibility index (Phi) is 12.1. The summed E-state index contributed by atoms with van der Waals surface area (Å²) in [5.41, 5.74) is 0. The molecule has 2 aromatic carbocycles. The summed E-state index contributed by atoms with van der Waals surface area (Å²) in [7, 11) is -8.51. The summed E-state index contributed by atoms with van der Waals surface area (Å²) in [5, 5.41) is 0. The van der Waals surface area contributed by atoms with Crippen molar-refractivity contribution in [3.8, 4) is 0 Å². The van der Waals surface area contributed by atoms with E-state index in [0.29, 0.717) is 0 Å². The largest absolute Gasteiger partial charge is 1.00 e. The number of benzene rings is 2. The van der Waals surface area contributed by atoms with Gasteiger partial charge in [0.1, 0.15) is 20.2 Å². The Morgan fingerprint density at radius 2 is 0.818 bits per heavy atom. The van der Waals surface area contributed by atoms with Crippen LogP contribution in [0.1, 0.15) is 0 Å². The first kappa shape index (κ1) is 24.4.